The van der Waals surface area contributed by atoms with E-state index in [1.807, 2.05) is 4.90 Å². The van der Waals surface area contributed by atoms with E-state index in [-0.39, 0.29) is 12.0 Å². The Morgan fingerprint density at radius 1 is 1.33 bits per heavy atom. The summed E-state index contributed by atoms with van der Waals surface area (Å²) in [5.41, 5.74) is 0.593. The van der Waals surface area contributed by atoms with Crippen molar-refractivity contribution in [2.45, 2.75) is 38.2 Å². The standard InChI is InChI=1S/C18H24N4O2/c19-14-15-4-1-8-20-18(15)22-10-3-9-21(11-12-22)17(23)7-6-16-5-2-13-24-16/h1,4,8,16H,2-3,5-7,9-13H2. The van der Waals surface area contributed by atoms with Gasteiger partial charge in [-0.2, -0.15) is 5.26 Å². The quantitative estimate of drug-likeness (QED) is 0.845. The van der Waals surface area contributed by atoms with Crippen molar-refractivity contribution in [2.75, 3.05) is 37.7 Å². The van der Waals surface area contributed by atoms with Crippen LogP contribution in [0, 0.1) is 11.3 Å². The van der Waals surface area contributed by atoms with E-state index in [0.717, 1.165) is 57.7 Å². The van der Waals surface area contributed by atoms with Gasteiger partial charge in [0.2, 0.25) is 5.91 Å². The van der Waals surface area contributed by atoms with Crippen molar-refractivity contribution in [1.29, 1.82) is 5.26 Å². The molecule has 1 aromatic heterocycles. The maximum atomic E-state index is 12.5. The summed E-state index contributed by atoms with van der Waals surface area (Å²) in [4.78, 5) is 20.9. The van der Waals surface area contributed by atoms with Crippen LogP contribution in [0.3, 0.4) is 0 Å². The average Bonchev–Trinajstić information content (AvgIpc) is 3.02. The van der Waals surface area contributed by atoms with Gasteiger partial charge < -0.3 is 14.5 Å². The minimum absolute atomic E-state index is 0.217. The normalized spacial score (nSPS) is 21.4. The van der Waals surface area contributed by atoms with E-state index in [2.05, 4.69) is 16.0 Å². The molecule has 6 heteroatoms. The molecule has 2 aliphatic rings. The predicted octanol–water partition coefficient (Wildman–Crippen LogP) is 1.95. The van der Waals surface area contributed by atoms with Crippen LogP contribution in [0.5, 0.6) is 0 Å². The third kappa shape index (κ3) is 4.04. The molecule has 1 unspecified atom stereocenters. The Morgan fingerprint density at radius 3 is 3.04 bits per heavy atom. The van der Waals surface area contributed by atoms with Gasteiger partial charge in [-0.15, -0.1) is 0 Å². The molecular formula is C18H24N4O2. The summed E-state index contributed by atoms with van der Waals surface area (Å²) in [5.74, 6) is 0.947. The van der Waals surface area contributed by atoms with Gasteiger partial charge in [0, 0.05) is 45.4 Å². The van der Waals surface area contributed by atoms with Crippen molar-refractivity contribution in [2.24, 2.45) is 0 Å². The molecular weight excluding hydrogens is 304 g/mol. The van der Waals surface area contributed by atoms with Crippen molar-refractivity contribution >= 4 is 11.7 Å². The molecule has 0 aromatic carbocycles. The third-order valence-corrected chi connectivity index (χ3v) is 4.76. The summed E-state index contributed by atoms with van der Waals surface area (Å²) in [7, 11) is 0. The first-order valence-electron chi connectivity index (χ1n) is 8.77. The van der Waals surface area contributed by atoms with E-state index < -0.39 is 0 Å². The molecule has 2 fully saturated rings. The number of hydrogen-bond donors (Lipinski definition) is 0. The van der Waals surface area contributed by atoms with E-state index in [1.165, 1.54) is 0 Å². The van der Waals surface area contributed by atoms with E-state index in [0.29, 0.717) is 18.5 Å². The molecule has 1 amide bonds. The molecule has 3 heterocycles. The van der Waals surface area contributed by atoms with Gasteiger partial charge in [0.15, 0.2) is 0 Å². The maximum absolute atomic E-state index is 12.5. The number of pyridine rings is 1. The molecule has 0 aliphatic carbocycles. The van der Waals surface area contributed by atoms with E-state index in [4.69, 9.17) is 4.74 Å². The smallest absolute Gasteiger partial charge is 0.222 e. The number of rotatable bonds is 4. The highest BCUT2D eigenvalue weighted by Gasteiger charge is 2.23. The molecule has 2 saturated heterocycles. The molecule has 0 spiro atoms. The number of hydrogen-bond acceptors (Lipinski definition) is 5. The van der Waals surface area contributed by atoms with Gasteiger partial charge in [-0.25, -0.2) is 4.98 Å². The van der Waals surface area contributed by atoms with Crippen LogP contribution < -0.4 is 4.90 Å². The average molecular weight is 328 g/mol. The highest BCUT2D eigenvalue weighted by Crippen LogP contribution is 2.20. The van der Waals surface area contributed by atoms with Crippen LogP contribution in [0.4, 0.5) is 5.82 Å². The lowest BCUT2D eigenvalue weighted by Crippen LogP contribution is -2.35. The van der Waals surface area contributed by atoms with Crippen LogP contribution in [0.15, 0.2) is 18.3 Å². The zero-order valence-corrected chi connectivity index (χ0v) is 14.0. The summed E-state index contributed by atoms with van der Waals surface area (Å²) in [6, 6.07) is 5.77. The van der Waals surface area contributed by atoms with Crippen molar-refractivity contribution in [3.8, 4) is 6.07 Å². The molecule has 0 N–H and O–H groups in total. The maximum Gasteiger partial charge on any atom is 0.222 e. The SMILES string of the molecule is N#Cc1cccnc1N1CCCN(C(=O)CCC2CCCO2)CC1. The fraction of sp³-hybridized carbons (Fsp3) is 0.611. The van der Waals surface area contributed by atoms with Crippen molar-refractivity contribution in [3.63, 3.8) is 0 Å². The Morgan fingerprint density at radius 2 is 2.25 bits per heavy atom. The second kappa shape index (κ2) is 8.11. The van der Waals surface area contributed by atoms with Crippen molar-refractivity contribution in [3.05, 3.63) is 23.9 Å². The van der Waals surface area contributed by atoms with Crippen LogP contribution >= 0.6 is 0 Å². The summed E-state index contributed by atoms with van der Waals surface area (Å²) in [6.07, 6.45) is 6.47. The number of carbonyl (C=O) groups is 1. The lowest BCUT2D eigenvalue weighted by molar-refractivity contribution is -0.131. The monoisotopic (exact) mass is 328 g/mol. The van der Waals surface area contributed by atoms with Gasteiger partial charge in [-0.05, 0) is 37.8 Å². The Hall–Kier alpha value is -2.13. The van der Waals surface area contributed by atoms with E-state index in [9.17, 15) is 10.1 Å². The summed E-state index contributed by atoms with van der Waals surface area (Å²) in [6.45, 7) is 3.84. The van der Waals surface area contributed by atoms with Crippen LogP contribution in [-0.2, 0) is 9.53 Å². The minimum Gasteiger partial charge on any atom is -0.378 e. The number of carbonyl (C=O) groups excluding carboxylic acids is 1. The topological polar surface area (TPSA) is 69.5 Å². The molecule has 1 aromatic rings. The number of anilines is 1. The number of nitriles is 1. The number of nitrogens with zero attached hydrogens (tertiary/aromatic N) is 4. The van der Waals surface area contributed by atoms with Crippen LogP contribution in [0.1, 0.15) is 37.7 Å². The number of amides is 1. The molecule has 24 heavy (non-hydrogen) atoms. The van der Waals surface area contributed by atoms with Crippen LogP contribution in [-0.4, -0.2) is 54.7 Å². The number of ether oxygens (including phenoxy) is 1. The first kappa shape index (κ1) is 16.7. The van der Waals surface area contributed by atoms with E-state index >= 15 is 0 Å². The molecule has 1 atom stereocenters. The van der Waals surface area contributed by atoms with Gasteiger partial charge in [-0.1, -0.05) is 0 Å². The third-order valence-electron chi connectivity index (χ3n) is 4.76. The molecule has 0 radical (unpaired) electrons. The van der Waals surface area contributed by atoms with Crippen LogP contribution in [0.2, 0.25) is 0 Å². The summed E-state index contributed by atoms with van der Waals surface area (Å²) < 4.78 is 5.60. The molecule has 0 bridgehead atoms. The lowest BCUT2D eigenvalue weighted by atomic mass is 10.1. The Labute approximate surface area is 143 Å². The molecule has 128 valence electrons. The van der Waals surface area contributed by atoms with Crippen LogP contribution in [0.25, 0.3) is 0 Å². The van der Waals surface area contributed by atoms with Gasteiger partial charge in [-0.3, -0.25) is 4.79 Å². The van der Waals surface area contributed by atoms with Gasteiger partial charge in [0.25, 0.3) is 0 Å². The zero-order chi connectivity index (χ0) is 16.8. The summed E-state index contributed by atoms with van der Waals surface area (Å²) >= 11 is 0. The molecule has 3 rings (SSSR count). The second-order valence-corrected chi connectivity index (χ2v) is 6.38. The molecule has 6 nitrogen and oxygen atoms in total. The van der Waals surface area contributed by atoms with Gasteiger partial charge in [0.05, 0.1) is 11.7 Å². The largest absolute Gasteiger partial charge is 0.378 e. The van der Waals surface area contributed by atoms with E-state index in [1.54, 1.807) is 18.3 Å². The predicted molar refractivity (Wildman–Crippen MR) is 90.6 cm³/mol. The highest BCUT2D eigenvalue weighted by molar-refractivity contribution is 5.76. The Kier molecular flexibility index (Phi) is 5.65. The van der Waals surface area contributed by atoms with Gasteiger partial charge >= 0.3 is 0 Å². The fourth-order valence-corrected chi connectivity index (χ4v) is 3.43. The fourth-order valence-electron chi connectivity index (χ4n) is 3.43. The second-order valence-electron chi connectivity index (χ2n) is 6.38. The molecule has 2 aliphatic heterocycles. The zero-order valence-electron chi connectivity index (χ0n) is 14.0. The lowest BCUT2D eigenvalue weighted by Gasteiger charge is -2.23. The first-order chi connectivity index (χ1) is 11.8. The highest BCUT2D eigenvalue weighted by atomic mass is 16.5. The first-order valence-corrected chi connectivity index (χ1v) is 8.77. The number of aromatic nitrogens is 1. The summed E-state index contributed by atoms with van der Waals surface area (Å²) in [5, 5.41) is 9.24. The minimum atomic E-state index is 0.217. The Bertz CT molecular complexity index is 607. The van der Waals surface area contributed by atoms with Crippen molar-refractivity contribution < 1.29 is 9.53 Å². The van der Waals surface area contributed by atoms with Gasteiger partial charge in [0.1, 0.15) is 11.9 Å². The van der Waals surface area contributed by atoms with Crippen molar-refractivity contribution in [1.82, 2.24) is 9.88 Å². The Balaban J connectivity index is 1.54. The molecule has 0 saturated carbocycles.